The zero-order valence-electron chi connectivity index (χ0n) is 15.6. The van der Waals surface area contributed by atoms with Crippen molar-refractivity contribution in [3.63, 3.8) is 0 Å². The molecule has 25 heavy (non-hydrogen) atoms. The number of hydrogen-bond acceptors (Lipinski definition) is 5. The maximum absolute atomic E-state index is 12.4. The molecule has 1 aromatic heterocycles. The number of aliphatic hydroxyl groups excluding tert-OH is 1. The molecular weight excluding hydrogens is 320 g/mol. The Balaban J connectivity index is 2.45. The number of esters is 1. The van der Waals surface area contributed by atoms with Gasteiger partial charge in [0.1, 0.15) is 5.75 Å². The average molecular weight is 348 g/mol. The number of aromatic nitrogens is 1. The summed E-state index contributed by atoms with van der Waals surface area (Å²) in [5.74, 6) is 0.323. The summed E-state index contributed by atoms with van der Waals surface area (Å²) in [5, 5.41) is 14.4. The summed E-state index contributed by atoms with van der Waals surface area (Å²) < 4.78 is 12.5. The highest BCUT2D eigenvalue weighted by atomic mass is 16.5. The summed E-state index contributed by atoms with van der Waals surface area (Å²) >= 11 is 0. The molecule has 0 aliphatic heterocycles. The fourth-order valence-electron chi connectivity index (χ4n) is 2.93. The SMILES string of the molecule is CCOC(=O)c1c(C)n(CC(O)CNC(C)C)c2ccc(OC)cc12. The van der Waals surface area contributed by atoms with E-state index in [0.29, 0.717) is 37.1 Å². The van der Waals surface area contributed by atoms with E-state index in [1.807, 2.05) is 43.5 Å². The largest absolute Gasteiger partial charge is 0.497 e. The summed E-state index contributed by atoms with van der Waals surface area (Å²) in [4.78, 5) is 12.4. The molecule has 1 heterocycles. The quantitative estimate of drug-likeness (QED) is 0.717. The Hall–Kier alpha value is -2.05. The van der Waals surface area contributed by atoms with Gasteiger partial charge in [-0.2, -0.15) is 0 Å². The second kappa shape index (κ2) is 8.36. The lowest BCUT2D eigenvalue weighted by atomic mass is 10.1. The Morgan fingerprint density at radius 1 is 1.36 bits per heavy atom. The molecule has 1 atom stereocenters. The maximum atomic E-state index is 12.4. The average Bonchev–Trinajstić information content (AvgIpc) is 2.84. The van der Waals surface area contributed by atoms with Crippen LogP contribution in [0.5, 0.6) is 5.75 Å². The van der Waals surface area contributed by atoms with Crippen LogP contribution in [-0.4, -0.2) is 48.1 Å². The van der Waals surface area contributed by atoms with E-state index in [1.165, 1.54) is 0 Å². The summed E-state index contributed by atoms with van der Waals surface area (Å²) in [6.45, 7) is 8.93. The van der Waals surface area contributed by atoms with Crippen molar-refractivity contribution >= 4 is 16.9 Å². The van der Waals surface area contributed by atoms with Crippen LogP contribution in [0, 0.1) is 6.92 Å². The zero-order chi connectivity index (χ0) is 18.6. The van der Waals surface area contributed by atoms with Crippen molar-refractivity contribution in [1.29, 1.82) is 0 Å². The highest BCUT2D eigenvalue weighted by Crippen LogP contribution is 2.30. The predicted molar refractivity (Wildman–Crippen MR) is 98.3 cm³/mol. The number of carbonyl (C=O) groups is 1. The summed E-state index contributed by atoms with van der Waals surface area (Å²) in [7, 11) is 1.59. The molecule has 6 heteroatoms. The van der Waals surface area contributed by atoms with Crippen molar-refractivity contribution in [2.24, 2.45) is 0 Å². The minimum absolute atomic E-state index is 0.302. The van der Waals surface area contributed by atoms with E-state index in [0.717, 1.165) is 16.6 Å². The van der Waals surface area contributed by atoms with E-state index >= 15 is 0 Å². The molecule has 0 fully saturated rings. The van der Waals surface area contributed by atoms with Gasteiger partial charge < -0.3 is 24.5 Å². The van der Waals surface area contributed by atoms with Gasteiger partial charge in [0.05, 0.1) is 31.9 Å². The normalized spacial score (nSPS) is 12.6. The molecule has 2 rings (SSSR count). The van der Waals surface area contributed by atoms with Gasteiger partial charge in [0.25, 0.3) is 0 Å². The molecule has 0 bridgehead atoms. The van der Waals surface area contributed by atoms with Crippen molar-refractivity contribution in [1.82, 2.24) is 9.88 Å². The Bertz CT molecular complexity index is 737. The number of fused-ring (bicyclic) bond motifs is 1. The van der Waals surface area contributed by atoms with Crippen LogP contribution in [0.15, 0.2) is 18.2 Å². The third-order valence-electron chi connectivity index (χ3n) is 4.17. The van der Waals surface area contributed by atoms with Crippen LogP contribution in [0.25, 0.3) is 10.9 Å². The maximum Gasteiger partial charge on any atom is 0.340 e. The number of methoxy groups -OCH3 is 1. The van der Waals surface area contributed by atoms with Gasteiger partial charge in [-0.15, -0.1) is 0 Å². The van der Waals surface area contributed by atoms with Crippen LogP contribution in [0.1, 0.15) is 36.8 Å². The lowest BCUT2D eigenvalue weighted by Gasteiger charge is -2.17. The summed E-state index contributed by atoms with van der Waals surface area (Å²) in [6.07, 6.45) is -0.561. The molecule has 1 unspecified atom stereocenters. The van der Waals surface area contributed by atoms with Crippen LogP contribution in [-0.2, 0) is 11.3 Å². The number of nitrogens with zero attached hydrogens (tertiary/aromatic N) is 1. The van der Waals surface area contributed by atoms with E-state index in [4.69, 9.17) is 9.47 Å². The molecular formula is C19H28N2O4. The highest BCUT2D eigenvalue weighted by Gasteiger charge is 2.22. The van der Waals surface area contributed by atoms with Crippen LogP contribution < -0.4 is 10.1 Å². The van der Waals surface area contributed by atoms with Crippen LogP contribution in [0.2, 0.25) is 0 Å². The topological polar surface area (TPSA) is 72.7 Å². The number of carbonyl (C=O) groups excluding carboxylic acids is 1. The van der Waals surface area contributed by atoms with E-state index in [2.05, 4.69) is 5.32 Å². The van der Waals surface area contributed by atoms with Crippen molar-refractivity contribution in [3.8, 4) is 5.75 Å². The second-order valence-corrected chi connectivity index (χ2v) is 6.39. The number of rotatable bonds is 8. The molecule has 0 amide bonds. The second-order valence-electron chi connectivity index (χ2n) is 6.39. The molecule has 138 valence electrons. The molecule has 0 radical (unpaired) electrons. The lowest BCUT2D eigenvalue weighted by molar-refractivity contribution is 0.0527. The van der Waals surface area contributed by atoms with E-state index in [-0.39, 0.29) is 5.97 Å². The van der Waals surface area contributed by atoms with Gasteiger partial charge in [0.15, 0.2) is 0 Å². The fourth-order valence-corrected chi connectivity index (χ4v) is 2.93. The monoisotopic (exact) mass is 348 g/mol. The Morgan fingerprint density at radius 3 is 2.68 bits per heavy atom. The number of aliphatic hydroxyl groups is 1. The van der Waals surface area contributed by atoms with Crippen LogP contribution in [0.4, 0.5) is 0 Å². The number of nitrogens with one attached hydrogen (secondary N) is 1. The first-order valence-electron chi connectivity index (χ1n) is 8.64. The molecule has 0 saturated heterocycles. The number of hydrogen-bond donors (Lipinski definition) is 2. The Kier molecular flexibility index (Phi) is 6.45. The Labute approximate surface area is 148 Å². The van der Waals surface area contributed by atoms with Crippen LogP contribution >= 0.6 is 0 Å². The highest BCUT2D eigenvalue weighted by molar-refractivity contribution is 6.06. The molecule has 2 N–H and O–H groups in total. The van der Waals surface area contributed by atoms with E-state index < -0.39 is 6.10 Å². The van der Waals surface area contributed by atoms with Gasteiger partial charge in [0, 0.05) is 29.2 Å². The lowest BCUT2D eigenvalue weighted by Crippen LogP contribution is -2.34. The third kappa shape index (κ3) is 4.32. The summed E-state index contributed by atoms with van der Waals surface area (Å²) in [5.41, 5.74) is 2.19. The molecule has 1 aromatic carbocycles. The first-order valence-corrected chi connectivity index (χ1v) is 8.64. The minimum atomic E-state index is -0.561. The van der Waals surface area contributed by atoms with Crippen molar-refractivity contribution in [2.45, 2.75) is 46.4 Å². The molecule has 0 spiro atoms. The van der Waals surface area contributed by atoms with Gasteiger partial charge in [-0.05, 0) is 32.0 Å². The predicted octanol–water partition coefficient (Wildman–Crippen LogP) is 2.49. The van der Waals surface area contributed by atoms with Gasteiger partial charge in [-0.1, -0.05) is 13.8 Å². The van der Waals surface area contributed by atoms with Gasteiger partial charge in [-0.25, -0.2) is 4.79 Å². The summed E-state index contributed by atoms with van der Waals surface area (Å²) in [6, 6.07) is 5.90. The fraction of sp³-hybridized carbons (Fsp3) is 0.526. The van der Waals surface area contributed by atoms with E-state index in [9.17, 15) is 9.90 Å². The zero-order valence-corrected chi connectivity index (χ0v) is 15.6. The standard InChI is InChI=1S/C19H28N2O4/c1-6-25-19(23)18-13(4)21(11-14(22)10-20-12(2)3)17-8-7-15(24-5)9-16(17)18/h7-9,12,14,20,22H,6,10-11H2,1-5H3. The smallest absolute Gasteiger partial charge is 0.340 e. The number of ether oxygens (including phenoxy) is 2. The van der Waals surface area contributed by atoms with Crippen molar-refractivity contribution < 1.29 is 19.4 Å². The Morgan fingerprint density at radius 2 is 2.08 bits per heavy atom. The van der Waals surface area contributed by atoms with Crippen molar-refractivity contribution in [2.75, 3.05) is 20.3 Å². The van der Waals surface area contributed by atoms with Crippen molar-refractivity contribution in [3.05, 3.63) is 29.5 Å². The molecule has 0 aliphatic rings. The van der Waals surface area contributed by atoms with Gasteiger partial charge in [-0.3, -0.25) is 0 Å². The first kappa shape index (κ1) is 19.3. The minimum Gasteiger partial charge on any atom is -0.497 e. The molecule has 0 saturated carbocycles. The first-order chi connectivity index (χ1) is 11.9. The number of benzene rings is 1. The van der Waals surface area contributed by atoms with Gasteiger partial charge >= 0.3 is 5.97 Å². The molecule has 6 nitrogen and oxygen atoms in total. The molecule has 0 aliphatic carbocycles. The van der Waals surface area contributed by atoms with Crippen LogP contribution in [0.3, 0.4) is 0 Å². The third-order valence-corrected chi connectivity index (χ3v) is 4.17. The van der Waals surface area contributed by atoms with Gasteiger partial charge in [0.2, 0.25) is 0 Å². The van der Waals surface area contributed by atoms with E-state index in [1.54, 1.807) is 14.0 Å². The molecule has 2 aromatic rings.